The van der Waals surface area contributed by atoms with Gasteiger partial charge >= 0.3 is 5.97 Å². The highest BCUT2D eigenvalue weighted by Gasteiger charge is 2.18. The molecule has 6 nitrogen and oxygen atoms in total. The van der Waals surface area contributed by atoms with Crippen molar-refractivity contribution in [2.45, 2.75) is 366 Å². The molecule has 450 valence electrons. The zero-order chi connectivity index (χ0) is 55.7. The summed E-state index contributed by atoms with van der Waals surface area (Å²) >= 11 is 0. The number of hydrogen-bond acceptors (Lipinski definition) is 5. The van der Waals surface area contributed by atoms with Gasteiger partial charge in [-0.05, 0) is 96.3 Å². The molecule has 0 saturated heterocycles. The predicted octanol–water partition coefficient (Wildman–Crippen LogP) is 21.9. The van der Waals surface area contributed by atoms with Gasteiger partial charge in [-0.2, -0.15) is 0 Å². The number of nitrogens with one attached hydrogen (secondary N) is 1. The second-order valence-corrected chi connectivity index (χ2v) is 23.1. The highest BCUT2D eigenvalue weighted by atomic mass is 16.5. The summed E-state index contributed by atoms with van der Waals surface area (Å²) in [6, 6.07) is -0.638. The number of aliphatic hydroxyl groups is 2. The first-order valence-corrected chi connectivity index (χ1v) is 34.1. The van der Waals surface area contributed by atoms with Crippen LogP contribution in [-0.4, -0.2) is 47.4 Å². The van der Waals surface area contributed by atoms with Gasteiger partial charge in [-0.3, -0.25) is 9.59 Å². The van der Waals surface area contributed by atoms with Crippen LogP contribution in [0.2, 0.25) is 0 Å². The molecule has 77 heavy (non-hydrogen) atoms. The molecular formula is C71H131NO5. The monoisotopic (exact) mass is 1080 g/mol. The molecule has 0 aromatic carbocycles. The summed E-state index contributed by atoms with van der Waals surface area (Å²) in [5.74, 6) is -0.0836. The smallest absolute Gasteiger partial charge is 0.305 e. The Balaban J connectivity index is 3.49. The third-order valence-corrected chi connectivity index (χ3v) is 15.5. The first kappa shape index (κ1) is 74.6. The van der Waals surface area contributed by atoms with Gasteiger partial charge in [0.2, 0.25) is 5.91 Å². The van der Waals surface area contributed by atoms with Crippen molar-refractivity contribution in [3.63, 3.8) is 0 Å². The number of rotatable bonds is 63. The number of carbonyl (C=O) groups is 2. The Morgan fingerprint density at radius 3 is 1.00 bits per heavy atom. The van der Waals surface area contributed by atoms with Gasteiger partial charge in [0.15, 0.2) is 0 Å². The molecule has 0 spiro atoms. The van der Waals surface area contributed by atoms with Gasteiger partial charge in [-0.15, -0.1) is 0 Å². The van der Waals surface area contributed by atoms with Crippen LogP contribution in [0.15, 0.2) is 60.8 Å². The molecule has 0 bridgehead atoms. The molecule has 0 aliphatic carbocycles. The Labute approximate surface area is 479 Å². The van der Waals surface area contributed by atoms with Crippen molar-refractivity contribution in [2.24, 2.45) is 0 Å². The molecule has 0 aliphatic heterocycles. The Morgan fingerprint density at radius 2 is 0.649 bits per heavy atom. The average Bonchev–Trinajstić information content (AvgIpc) is 3.43. The lowest BCUT2D eigenvalue weighted by Gasteiger charge is -2.20. The molecule has 0 saturated carbocycles. The number of esters is 1. The normalized spacial score (nSPS) is 12.9. The van der Waals surface area contributed by atoms with Crippen molar-refractivity contribution in [3.05, 3.63) is 60.8 Å². The minimum atomic E-state index is -0.854. The highest BCUT2D eigenvalue weighted by molar-refractivity contribution is 5.76. The van der Waals surface area contributed by atoms with Crippen molar-refractivity contribution in [1.82, 2.24) is 5.32 Å². The number of aliphatic hydroxyl groups excluding tert-OH is 2. The topological polar surface area (TPSA) is 95.9 Å². The summed E-state index contributed by atoms with van der Waals surface area (Å²) in [7, 11) is 0. The van der Waals surface area contributed by atoms with Crippen LogP contribution < -0.4 is 5.32 Å². The number of hydrogen-bond donors (Lipinski definition) is 3. The van der Waals surface area contributed by atoms with Gasteiger partial charge in [0.1, 0.15) is 0 Å². The summed E-state index contributed by atoms with van der Waals surface area (Å²) < 4.78 is 5.48. The Bertz CT molecular complexity index is 1340. The number of carbonyl (C=O) groups excluding carboxylic acids is 2. The predicted molar refractivity (Wildman–Crippen MR) is 338 cm³/mol. The van der Waals surface area contributed by atoms with Gasteiger partial charge in [-0.25, -0.2) is 0 Å². The molecule has 0 aliphatic rings. The maximum atomic E-state index is 12.5. The molecule has 0 aromatic heterocycles. The first-order chi connectivity index (χ1) is 38.0. The van der Waals surface area contributed by atoms with Crippen molar-refractivity contribution in [3.8, 4) is 0 Å². The maximum absolute atomic E-state index is 12.5. The van der Waals surface area contributed by atoms with Crippen LogP contribution in [0.25, 0.3) is 0 Å². The van der Waals surface area contributed by atoms with Crippen LogP contribution in [0.1, 0.15) is 354 Å². The fourth-order valence-electron chi connectivity index (χ4n) is 10.3. The lowest BCUT2D eigenvalue weighted by Crippen LogP contribution is -2.45. The lowest BCUT2D eigenvalue weighted by atomic mass is 10.0. The molecular weight excluding hydrogens is 947 g/mol. The maximum Gasteiger partial charge on any atom is 0.305 e. The van der Waals surface area contributed by atoms with E-state index in [1.54, 1.807) is 6.08 Å². The van der Waals surface area contributed by atoms with Gasteiger partial charge in [-0.1, -0.05) is 306 Å². The fraction of sp³-hybridized carbons (Fsp3) is 0.831. The van der Waals surface area contributed by atoms with E-state index < -0.39 is 12.1 Å². The zero-order valence-electron chi connectivity index (χ0n) is 51.4. The summed E-state index contributed by atoms with van der Waals surface area (Å²) in [6.45, 7) is 4.89. The molecule has 0 aromatic rings. The van der Waals surface area contributed by atoms with E-state index in [1.807, 2.05) is 6.08 Å². The van der Waals surface area contributed by atoms with E-state index in [4.69, 9.17) is 4.74 Å². The van der Waals surface area contributed by atoms with Crippen molar-refractivity contribution in [2.75, 3.05) is 13.2 Å². The summed E-state index contributed by atoms with van der Waals surface area (Å²) in [5.41, 5.74) is 0. The number of allylic oxidation sites excluding steroid dienone is 9. The van der Waals surface area contributed by atoms with Crippen LogP contribution in [0.3, 0.4) is 0 Å². The van der Waals surface area contributed by atoms with E-state index in [0.717, 1.165) is 70.6 Å². The molecule has 1 amide bonds. The van der Waals surface area contributed by atoms with Crippen molar-refractivity contribution in [1.29, 1.82) is 0 Å². The molecule has 0 fully saturated rings. The van der Waals surface area contributed by atoms with Crippen molar-refractivity contribution < 1.29 is 24.5 Å². The van der Waals surface area contributed by atoms with Gasteiger partial charge < -0.3 is 20.3 Å². The van der Waals surface area contributed by atoms with E-state index >= 15 is 0 Å². The molecule has 3 N–H and O–H groups in total. The van der Waals surface area contributed by atoms with Gasteiger partial charge in [0.25, 0.3) is 0 Å². The van der Waals surface area contributed by atoms with Crippen LogP contribution in [0, 0.1) is 0 Å². The minimum Gasteiger partial charge on any atom is -0.466 e. The summed E-state index contributed by atoms with van der Waals surface area (Å²) in [4.78, 5) is 24.6. The van der Waals surface area contributed by atoms with E-state index in [1.165, 1.54) is 257 Å². The Kier molecular flexibility index (Phi) is 64.0. The molecule has 0 radical (unpaired) electrons. The van der Waals surface area contributed by atoms with Crippen LogP contribution in [0.5, 0.6) is 0 Å². The minimum absolute atomic E-state index is 0.00712. The third-order valence-electron chi connectivity index (χ3n) is 15.5. The van der Waals surface area contributed by atoms with Gasteiger partial charge in [0, 0.05) is 12.8 Å². The standard InChI is InChI=1S/C71H131NO5/c1-3-5-7-9-11-13-15-17-19-21-22-26-29-32-35-39-43-47-51-55-59-63-69(74)68(67-73)72-70(75)64-60-56-52-48-44-40-36-33-30-27-24-23-25-28-31-34-38-42-46-50-54-58-62-66-77-71(76)65-61-57-53-49-45-41-37-20-18-16-14-12-10-8-6-4-2/h14,16,20,23,25,27,30,37,59,63,68-69,73-74H,3-13,15,17-19,21-22,24,26,28-29,31-36,38-58,60-62,64-67H2,1-2H3,(H,72,75)/b16-14-,25-23-,30-27-,37-20-,63-59+. The van der Waals surface area contributed by atoms with Crippen molar-refractivity contribution >= 4 is 11.9 Å². The second-order valence-electron chi connectivity index (χ2n) is 23.1. The molecule has 0 rings (SSSR count). The quantitative estimate of drug-likeness (QED) is 0.0320. The first-order valence-electron chi connectivity index (χ1n) is 34.1. The second kappa shape index (κ2) is 66.1. The molecule has 2 unspecified atom stereocenters. The van der Waals surface area contributed by atoms with Crippen LogP contribution in [0.4, 0.5) is 0 Å². The van der Waals surface area contributed by atoms with Crippen LogP contribution >= 0.6 is 0 Å². The zero-order valence-corrected chi connectivity index (χ0v) is 51.4. The SMILES string of the molecule is CCCCCC/C=C\C/C=C\CCCCCCCC(=O)OCCCCCCCCCCC/C=C\C/C=C\CCCCCCCCCC(=O)NC(CO)C(O)/C=C/CCCCCCCCCCCCCCCCCCCCC. The fourth-order valence-corrected chi connectivity index (χ4v) is 10.3. The largest absolute Gasteiger partial charge is 0.466 e. The molecule has 2 atom stereocenters. The average molecular weight is 1080 g/mol. The Hall–Kier alpha value is -2.44. The third kappa shape index (κ3) is 62.6. The van der Waals surface area contributed by atoms with Crippen LogP contribution in [-0.2, 0) is 14.3 Å². The van der Waals surface area contributed by atoms with E-state index in [9.17, 15) is 19.8 Å². The van der Waals surface area contributed by atoms with E-state index in [0.29, 0.717) is 19.4 Å². The summed E-state index contributed by atoms with van der Waals surface area (Å²) in [5, 5.41) is 23.2. The van der Waals surface area contributed by atoms with E-state index in [-0.39, 0.29) is 18.5 Å². The summed E-state index contributed by atoms with van der Waals surface area (Å²) in [6.07, 6.45) is 87.0. The van der Waals surface area contributed by atoms with Gasteiger partial charge in [0.05, 0.1) is 25.4 Å². The molecule has 6 heteroatoms. The number of amides is 1. The Morgan fingerprint density at radius 1 is 0.364 bits per heavy atom. The highest BCUT2D eigenvalue weighted by Crippen LogP contribution is 2.17. The number of ether oxygens (including phenoxy) is 1. The van der Waals surface area contributed by atoms with E-state index in [2.05, 4.69) is 67.8 Å². The molecule has 0 heterocycles. The number of unbranched alkanes of at least 4 members (excludes halogenated alkanes) is 44. The lowest BCUT2D eigenvalue weighted by molar-refractivity contribution is -0.143.